The average molecular weight is 256 g/mol. The molecule has 1 aromatic heterocycles. The van der Waals surface area contributed by atoms with Gasteiger partial charge in [-0.15, -0.1) is 12.4 Å². The van der Waals surface area contributed by atoms with Crippen LogP contribution in [0.1, 0.15) is 18.4 Å². The van der Waals surface area contributed by atoms with E-state index in [1.807, 2.05) is 17.0 Å². The van der Waals surface area contributed by atoms with E-state index in [4.69, 9.17) is 5.73 Å². The fraction of sp³-hybridized carbons (Fsp3) is 0.500. The quantitative estimate of drug-likeness (QED) is 0.858. The molecule has 0 saturated carbocycles. The molecule has 1 aliphatic heterocycles. The number of hydrogen-bond donors (Lipinski definition) is 1. The van der Waals surface area contributed by atoms with Crippen molar-refractivity contribution in [3.05, 3.63) is 30.1 Å². The second-order valence-corrected chi connectivity index (χ2v) is 4.28. The molecular formula is C12H18ClN3O. The van der Waals surface area contributed by atoms with Crippen molar-refractivity contribution in [1.82, 2.24) is 9.88 Å². The van der Waals surface area contributed by atoms with Gasteiger partial charge in [0.15, 0.2) is 0 Å². The predicted octanol–water partition coefficient (Wildman–Crippen LogP) is 0.996. The molecule has 1 saturated heterocycles. The van der Waals surface area contributed by atoms with Gasteiger partial charge in [0.2, 0.25) is 5.91 Å². The third-order valence-electron chi connectivity index (χ3n) is 2.89. The van der Waals surface area contributed by atoms with Gasteiger partial charge in [0.1, 0.15) is 0 Å². The van der Waals surface area contributed by atoms with Crippen molar-refractivity contribution < 1.29 is 4.79 Å². The second kappa shape index (κ2) is 6.57. The highest BCUT2D eigenvalue weighted by Gasteiger charge is 2.20. The molecule has 1 aromatic rings. The highest BCUT2D eigenvalue weighted by molar-refractivity contribution is 5.85. The number of nitrogens with two attached hydrogens (primary N) is 1. The van der Waals surface area contributed by atoms with Crippen LogP contribution in [0.5, 0.6) is 0 Å². The number of nitrogens with zero attached hydrogens (tertiary/aromatic N) is 2. The van der Waals surface area contributed by atoms with Crippen LogP contribution in [0.4, 0.5) is 0 Å². The molecule has 1 amide bonds. The smallest absolute Gasteiger partial charge is 0.227 e. The molecule has 2 N–H and O–H groups in total. The normalized spacial score (nSPS) is 19.6. The van der Waals surface area contributed by atoms with Gasteiger partial charge in [0, 0.05) is 31.5 Å². The van der Waals surface area contributed by atoms with E-state index >= 15 is 0 Å². The summed E-state index contributed by atoms with van der Waals surface area (Å²) in [4.78, 5) is 17.8. The van der Waals surface area contributed by atoms with Crippen LogP contribution in [-0.4, -0.2) is 34.9 Å². The number of likely N-dealkylation sites (tertiary alicyclic amines) is 1. The minimum absolute atomic E-state index is 0. The summed E-state index contributed by atoms with van der Waals surface area (Å²) in [5.74, 6) is 0.156. The van der Waals surface area contributed by atoms with Gasteiger partial charge in [-0.25, -0.2) is 0 Å². The fourth-order valence-corrected chi connectivity index (χ4v) is 2.03. The van der Waals surface area contributed by atoms with E-state index in [9.17, 15) is 4.79 Å². The molecular weight excluding hydrogens is 238 g/mol. The maximum absolute atomic E-state index is 12.0. The Bertz CT molecular complexity index is 358. The van der Waals surface area contributed by atoms with Crippen molar-refractivity contribution in [2.24, 2.45) is 5.73 Å². The molecule has 0 aromatic carbocycles. The Balaban J connectivity index is 0.00000144. The Morgan fingerprint density at radius 3 is 3.06 bits per heavy atom. The molecule has 1 aliphatic rings. The Labute approximate surface area is 108 Å². The molecule has 2 rings (SSSR count). The lowest BCUT2D eigenvalue weighted by Crippen LogP contribution is -2.46. The fourth-order valence-electron chi connectivity index (χ4n) is 2.03. The highest BCUT2D eigenvalue weighted by atomic mass is 35.5. The van der Waals surface area contributed by atoms with Crippen molar-refractivity contribution >= 4 is 18.3 Å². The molecule has 17 heavy (non-hydrogen) atoms. The van der Waals surface area contributed by atoms with Gasteiger partial charge in [-0.2, -0.15) is 0 Å². The number of aromatic nitrogens is 1. The van der Waals surface area contributed by atoms with Crippen molar-refractivity contribution in [3.8, 4) is 0 Å². The minimum Gasteiger partial charge on any atom is -0.341 e. The van der Waals surface area contributed by atoms with Crippen LogP contribution >= 0.6 is 12.4 Å². The lowest BCUT2D eigenvalue weighted by molar-refractivity contribution is -0.131. The first-order chi connectivity index (χ1) is 7.75. The zero-order chi connectivity index (χ0) is 11.4. The highest BCUT2D eigenvalue weighted by Crippen LogP contribution is 2.10. The van der Waals surface area contributed by atoms with Crippen LogP contribution in [0.25, 0.3) is 0 Å². The molecule has 1 atom stereocenters. The average Bonchev–Trinajstić information content (AvgIpc) is 2.30. The Kier molecular flexibility index (Phi) is 5.38. The number of carbonyl (C=O) groups excluding carboxylic acids is 1. The maximum Gasteiger partial charge on any atom is 0.227 e. The van der Waals surface area contributed by atoms with E-state index in [1.165, 1.54) is 0 Å². The SMILES string of the molecule is Cl.NC1CCCN(C(=O)Cc2cccnc2)C1. The molecule has 5 heteroatoms. The largest absolute Gasteiger partial charge is 0.341 e. The standard InChI is InChI=1S/C12H17N3O.ClH/c13-11-4-2-6-15(9-11)12(16)7-10-3-1-5-14-8-10;/h1,3,5,8,11H,2,4,6-7,9,13H2;1H. The number of amides is 1. The number of rotatable bonds is 2. The third kappa shape index (κ3) is 3.98. The number of piperidine rings is 1. The molecule has 1 unspecified atom stereocenters. The molecule has 0 aliphatic carbocycles. The monoisotopic (exact) mass is 255 g/mol. The third-order valence-corrected chi connectivity index (χ3v) is 2.89. The minimum atomic E-state index is 0. The zero-order valence-electron chi connectivity index (χ0n) is 9.71. The summed E-state index contributed by atoms with van der Waals surface area (Å²) in [7, 11) is 0. The van der Waals surface area contributed by atoms with E-state index < -0.39 is 0 Å². The first-order valence-corrected chi connectivity index (χ1v) is 5.68. The number of hydrogen-bond acceptors (Lipinski definition) is 3. The molecule has 94 valence electrons. The van der Waals surface area contributed by atoms with Crippen LogP contribution < -0.4 is 5.73 Å². The van der Waals surface area contributed by atoms with Gasteiger partial charge >= 0.3 is 0 Å². The van der Waals surface area contributed by atoms with Crippen LogP contribution in [-0.2, 0) is 11.2 Å². The van der Waals surface area contributed by atoms with Crippen LogP contribution in [0, 0.1) is 0 Å². The number of pyridine rings is 1. The number of halogens is 1. The molecule has 2 heterocycles. The summed E-state index contributed by atoms with van der Waals surface area (Å²) in [5, 5.41) is 0. The topological polar surface area (TPSA) is 59.2 Å². The summed E-state index contributed by atoms with van der Waals surface area (Å²) >= 11 is 0. The summed E-state index contributed by atoms with van der Waals surface area (Å²) < 4.78 is 0. The number of carbonyl (C=O) groups is 1. The maximum atomic E-state index is 12.0. The van der Waals surface area contributed by atoms with Crippen molar-refractivity contribution in [2.45, 2.75) is 25.3 Å². The second-order valence-electron chi connectivity index (χ2n) is 4.28. The zero-order valence-corrected chi connectivity index (χ0v) is 10.5. The summed E-state index contributed by atoms with van der Waals surface area (Å²) in [6.45, 7) is 1.53. The van der Waals surface area contributed by atoms with Gasteiger partial charge < -0.3 is 10.6 Å². The lowest BCUT2D eigenvalue weighted by Gasteiger charge is -2.30. The van der Waals surface area contributed by atoms with Gasteiger partial charge in [0.25, 0.3) is 0 Å². The van der Waals surface area contributed by atoms with Crippen LogP contribution in [0.3, 0.4) is 0 Å². The van der Waals surface area contributed by atoms with Gasteiger partial charge in [-0.3, -0.25) is 9.78 Å². The summed E-state index contributed by atoms with van der Waals surface area (Å²) in [6, 6.07) is 3.92. The molecule has 0 bridgehead atoms. The van der Waals surface area contributed by atoms with E-state index in [1.54, 1.807) is 12.4 Å². The first-order valence-electron chi connectivity index (χ1n) is 5.68. The first kappa shape index (κ1) is 13.9. The molecule has 4 nitrogen and oxygen atoms in total. The Hall–Kier alpha value is -1.13. The van der Waals surface area contributed by atoms with Crippen LogP contribution in [0.15, 0.2) is 24.5 Å². The summed E-state index contributed by atoms with van der Waals surface area (Å²) in [5.41, 5.74) is 6.81. The van der Waals surface area contributed by atoms with E-state index in [0.717, 1.165) is 24.9 Å². The molecule has 0 radical (unpaired) electrons. The van der Waals surface area contributed by atoms with E-state index in [-0.39, 0.29) is 24.4 Å². The lowest BCUT2D eigenvalue weighted by atomic mass is 10.1. The van der Waals surface area contributed by atoms with Gasteiger partial charge in [0.05, 0.1) is 6.42 Å². The molecule has 0 spiro atoms. The van der Waals surface area contributed by atoms with Crippen molar-refractivity contribution in [1.29, 1.82) is 0 Å². The van der Waals surface area contributed by atoms with Crippen molar-refractivity contribution in [2.75, 3.05) is 13.1 Å². The van der Waals surface area contributed by atoms with Gasteiger partial charge in [-0.1, -0.05) is 6.07 Å². The Morgan fingerprint density at radius 1 is 1.59 bits per heavy atom. The van der Waals surface area contributed by atoms with E-state index in [2.05, 4.69) is 4.98 Å². The van der Waals surface area contributed by atoms with Gasteiger partial charge in [-0.05, 0) is 24.5 Å². The predicted molar refractivity (Wildman–Crippen MR) is 69.0 cm³/mol. The molecule has 1 fully saturated rings. The van der Waals surface area contributed by atoms with Crippen molar-refractivity contribution in [3.63, 3.8) is 0 Å². The Morgan fingerprint density at radius 2 is 2.41 bits per heavy atom. The van der Waals surface area contributed by atoms with E-state index in [0.29, 0.717) is 13.0 Å². The summed E-state index contributed by atoms with van der Waals surface area (Å²) in [6.07, 6.45) is 5.92. The van der Waals surface area contributed by atoms with Crippen LogP contribution in [0.2, 0.25) is 0 Å².